The monoisotopic (exact) mass is 310 g/mol. The van der Waals surface area contributed by atoms with E-state index in [0.717, 1.165) is 6.42 Å². The van der Waals surface area contributed by atoms with Gasteiger partial charge in [0, 0.05) is 17.6 Å². The highest BCUT2D eigenvalue weighted by atomic mass is 35.5. The van der Waals surface area contributed by atoms with Gasteiger partial charge in [-0.2, -0.15) is 0 Å². The molecule has 0 aliphatic carbocycles. The van der Waals surface area contributed by atoms with Crippen molar-refractivity contribution in [1.29, 1.82) is 0 Å². The van der Waals surface area contributed by atoms with Crippen LogP contribution < -0.4 is 10.5 Å². The van der Waals surface area contributed by atoms with E-state index < -0.39 is 0 Å². The maximum absolute atomic E-state index is 12.8. The molecule has 1 fully saturated rings. The highest BCUT2D eigenvalue weighted by Crippen LogP contribution is 2.29. The molecule has 0 radical (unpaired) electrons. The summed E-state index contributed by atoms with van der Waals surface area (Å²) in [6, 6.07) is 5.38. The fraction of sp³-hybridized carbons (Fsp3) is 0.562. The predicted molar refractivity (Wildman–Crippen MR) is 84.9 cm³/mol. The zero-order chi connectivity index (χ0) is 15.6. The zero-order valence-electron chi connectivity index (χ0n) is 12.8. The first-order valence-electron chi connectivity index (χ1n) is 7.39. The number of amides is 1. The number of nitrogens with two attached hydrogens (primary N) is 1. The van der Waals surface area contributed by atoms with Gasteiger partial charge < -0.3 is 15.4 Å². The molecule has 1 aromatic carbocycles. The summed E-state index contributed by atoms with van der Waals surface area (Å²) in [5.41, 5.74) is 6.26. The summed E-state index contributed by atoms with van der Waals surface area (Å²) in [7, 11) is 0. The number of ether oxygens (including phenoxy) is 1. The van der Waals surface area contributed by atoms with E-state index in [2.05, 4.69) is 6.92 Å². The molecule has 0 spiro atoms. The number of likely N-dealkylation sites (tertiary alicyclic amines) is 1. The third-order valence-electron chi connectivity index (χ3n) is 3.79. The van der Waals surface area contributed by atoms with Crippen LogP contribution in [-0.4, -0.2) is 36.0 Å². The first-order valence-corrected chi connectivity index (χ1v) is 7.77. The van der Waals surface area contributed by atoms with Crippen molar-refractivity contribution in [2.75, 3.05) is 13.1 Å². The van der Waals surface area contributed by atoms with Crippen LogP contribution in [0.15, 0.2) is 18.2 Å². The van der Waals surface area contributed by atoms with Crippen LogP contribution in [-0.2, 0) is 0 Å². The molecular weight excluding hydrogens is 288 g/mol. The molecule has 2 rings (SSSR count). The largest absolute Gasteiger partial charge is 0.490 e. The molecule has 1 aliphatic heterocycles. The van der Waals surface area contributed by atoms with E-state index in [-0.39, 0.29) is 18.1 Å². The minimum Gasteiger partial charge on any atom is -0.490 e. The summed E-state index contributed by atoms with van der Waals surface area (Å²) in [6.07, 6.45) is 0.953. The Bertz CT molecular complexity index is 519. The van der Waals surface area contributed by atoms with Crippen molar-refractivity contribution in [3.05, 3.63) is 28.8 Å². The Morgan fingerprint density at radius 3 is 2.81 bits per heavy atom. The molecule has 0 bridgehead atoms. The van der Waals surface area contributed by atoms with E-state index in [4.69, 9.17) is 22.1 Å². The molecule has 116 valence electrons. The molecular formula is C16H23ClN2O2. The predicted octanol–water partition coefficient (Wildman–Crippen LogP) is 2.94. The molecule has 1 saturated heterocycles. The normalized spacial score (nSPS) is 21.9. The Morgan fingerprint density at radius 2 is 2.24 bits per heavy atom. The smallest absolute Gasteiger partial charge is 0.257 e. The number of carbonyl (C=O) groups is 1. The summed E-state index contributed by atoms with van der Waals surface area (Å²) >= 11 is 6.05. The van der Waals surface area contributed by atoms with Crippen molar-refractivity contribution in [1.82, 2.24) is 4.90 Å². The van der Waals surface area contributed by atoms with Gasteiger partial charge in [-0.3, -0.25) is 4.79 Å². The van der Waals surface area contributed by atoms with E-state index >= 15 is 0 Å². The van der Waals surface area contributed by atoms with Crippen LogP contribution in [0, 0.1) is 5.92 Å². The molecule has 1 aliphatic rings. The minimum absolute atomic E-state index is 0.00511. The lowest BCUT2D eigenvalue weighted by Crippen LogP contribution is -2.34. The Balaban J connectivity index is 2.28. The number of hydrogen-bond acceptors (Lipinski definition) is 3. The van der Waals surface area contributed by atoms with Crippen LogP contribution in [0.3, 0.4) is 0 Å². The molecule has 1 heterocycles. The molecule has 0 aromatic heterocycles. The highest BCUT2D eigenvalue weighted by molar-refractivity contribution is 6.31. The second-order valence-corrected chi connectivity index (χ2v) is 6.39. The van der Waals surface area contributed by atoms with Crippen LogP contribution >= 0.6 is 11.6 Å². The first kappa shape index (κ1) is 16.1. The molecule has 2 N–H and O–H groups in total. The molecule has 0 saturated carbocycles. The molecule has 1 amide bonds. The Labute approximate surface area is 131 Å². The zero-order valence-corrected chi connectivity index (χ0v) is 13.6. The van der Waals surface area contributed by atoms with Gasteiger partial charge in [0.1, 0.15) is 5.75 Å². The van der Waals surface area contributed by atoms with Gasteiger partial charge in [-0.25, -0.2) is 0 Å². The van der Waals surface area contributed by atoms with Crippen LogP contribution in [0.4, 0.5) is 0 Å². The number of hydrogen-bond donors (Lipinski definition) is 1. The number of carbonyl (C=O) groups excluding carboxylic acids is 1. The van der Waals surface area contributed by atoms with Gasteiger partial charge in [0.2, 0.25) is 0 Å². The molecule has 2 unspecified atom stereocenters. The van der Waals surface area contributed by atoms with Crippen molar-refractivity contribution in [3.8, 4) is 5.75 Å². The van der Waals surface area contributed by atoms with Crippen molar-refractivity contribution >= 4 is 17.5 Å². The van der Waals surface area contributed by atoms with Gasteiger partial charge in [-0.05, 0) is 57.9 Å². The molecule has 1 aromatic rings. The van der Waals surface area contributed by atoms with Crippen LogP contribution in [0.1, 0.15) is 37.6 Å². The number of benzene rings is 1. The van der Waals surface area contributed by atoms with Gasteiger partial charge in [-0.15, -0.1) is 0 Å². The summed E-state index contributed by atoms with van der Waals surface area (Å²) < 4.78 is 5.74. The fourth-order valence-corrected chi connectivity index (χ4v) is 2.95. The number of halogens is 1. The van der Waals surface area contributed by atoms with Crippen molar-refractivity contribution in [3.63, 3.8) is 0 Å². The van der Waals surface area contributed by atoms with Crippen LogP contribution in [0.5, 0.6) is 5.75 Å². The van der Waals surface area contributed by atoms with E-state index in [1.807, 2.05) is 18.7 Å². The highest BCUT2D eigenvalue weighted by Gasteiger charge is 2.33. The van der Waals surface area contributed by atoms with Gasteiger partial charge in [0.15, 0.2) is 0 Å². The van der Waals surface area contributed by atoms with Gasteiger partial charge in [0.05, 0.1) is 11.7 Å². The summed E-state index contributed by atoms with van der Waals surface area (Å²) in [6.45, 7) is 7.24. The first-order chi connectivity index (χ1) is 9.92. The topological polar surface area (TPSA) is 55.6 Å². The number of nitrogens with zero attached hydrogens (tertiary/aromatic N) is 1. The molecule has 4 nitrogen and oxygen atoms in total. The lowest BCUT2D eigenvalue weighted by molar-refractivity contribution is 0.0737. The molecule has 21 heavy (non-hydrogen) atoms. The van der Waals surface area contributed by atoms with Crippen LogP contribution in [0.25, 0.3) is 0 Å². The Kier molecular flexibility index (Phi) is 5.12. The lowest BCUT2D eigenvalue weighted by atomic mass is 10.1. The maximum Gasteiger partial charge on any atom is 0.257 e. The van der Waals surface area contributed by atoms with E-state index in [1.54, 1.807) is 18.2 Å². The minimum atomic E-state index is -0.0309. The fourth-order valence-electron chi connectivity index (χ4n) is 2.78. The summed E-state index contributed by atoms with van der Waals surface area (Å²) in [4.78, 5) is 14.7. The van der Waals surface area contributed by atoms with Crippen molar-refractivity contribution in [2.45, 2.75) is 39.3 Å². The van der Waals surface area contributed by atoms with Crippen molar-refractivity contribution < 1.29 is 9.53 Å². The van der Waals surface area contributed by atoms with Gasteiger partial charge in [0.25, 0.3) is 5.91 Å². The van der Waals surface area contributed by atoms with Crippen LogP contribution in [0.2, 0.25) is 5.02 Å². The van der Waals surface area contributed by atoms with Crippen molar-refractivity contribution in [2.24, 2.45) is 11.7 Å². The average Bonchev–Trinajstić information content (AvgIpc) is 2.81. The second-order valence-electron chi connectivity index (χ2n) is 5.95. The summed E-state index contributed by atoms with van der Waals surface area (Å²) in [5, 5.41) is 0.539. The average molecular weight is 311 g/mol. The Hall–Kier alpha value is -1.26. The third kappa shape index (κ3) is 3.69. The summed E-state index contributed by atoms with van der Waals surface area (Å²) in [5.74, 6) is 0.928. The second kappa shape index (κ2) is 6.67. The number of rotatable bonds is 4. The third-order valence-corrected chi connectivity index (χ3v) is 4.03. The SMILES string of the molecule is CC(C)Oc1ccc(Cl)cc1C(=O)N1CC(CN)CC1C. The van der Waals surface area contributed by atoms with Gasteiger partial charge >= 0.3 is 0 Å². The molecule has 2 atom stereocenters. The van der Waals surface area contributed by atoms with E-state index in [1.165, 1.54) is 0 Å². The standard InChI is InChI=1S/C16H23ClN2O2/c1-10(2)21-15-5-4-13(17)7-14(15)16(20)19-9-12(8-18)6-11(19)3/h4-5,7,10-12H,6,8-9,18H2,1-3H3. The van der Waals surface area contributed by atoms with E-state index in [9.17, 15) is 4.79 Å². The lowest BCUT2D eigenvalue weighted by Gasteiger charge is -2.23. The van der Waals surface area contributed by atoms with E-state index in [0.29, 0.717) is 35.3 Å². The molecule has 5 heteroatoms. The maximum atomic E-state index is 12.8. The Morgan fingerprint density at radius 1 is 1.52 bits per heavy atom. The quantitative estimate of drug-likeness (QED) is 0.930. The van der Waals surface area contributed by atoms with Gasteiger partial charge in [-0.1, -0.05) is 11.6 Å².